The molecule has 0 radical (unpaired) electrons. The Labute approximate surface area is 96.3 Å². The van der Waals surface area contributed by atoms with E-state index < -0.39 is 11.9 Å². The molecule has 0 amide bonds. The lowest BCUT2D eigenvalue weighted by molar-refractivity contribution is -0.141. The van der Waals surface area contributed by atoms with Crippen molar-refractivity contribution in [1.82, 2.24) is 0 Å². The number of aryl methyl sites for hydroxylation is 2. The average Bonchev–Trinajstić information content (AvgIpc) is 2.21. The molecule has 1 rings (SSSR count). The lowest BCUT2D eigenvalue weighted by atomic mass is 9.94. The molecule has 2 atom stereocenters. The van der Waals surface area contributed by atoms with Gasteiger partial charge in [-0.05, 0) is 37.0 Å². The normalized spacial score (nSPS) is 14.5. The van der Waals surface area contributed by atoms with Gasteiger partial charge in [0.1, 0.15) is 0 Å². The van der Waals surface area contributed by atoms with Crippen LogP contribution in [0.3, 0.4) is 0 Å². The van der Waals surface area contributed by atoms with E-state index in [-0.39, 0.29) is 6.04 Å². The number of benzene rings is 1. The first-order chi connectivity index (χ1) is 7.41. The van der Waals surface area contributed by atoms with Gasteiger partial charge in [-0.2, -0.15) is 0 Å². The molecule has 0 heterocycles. The van der Waals surface area contributed by atoms with Crippen LogP contribution in [-0.4, -0.2) is 11.1 Å². The molecule has 88 valence electrons. The molecule has 0 aliphatic rings. The molecular formula is C13H19NO2. The zero-order valence-corrected chi connectivity index (χ0v) is 10.0. The van der Waals surface area contributed by atoms with Crippen LogP contribution in [0.1, 0.15) is 36.1 Å². The first-order valence-corrected chi connectivity index (χ1v) is 5.47. The van der Waals surface area contributed by atoms with Gasteiger partial charge < -0.3 is 10.8 Å². The number of rotatable bonds is 4. The molecule has 3 heteroatoms. The number of aliphatic carboxylic acids is 1. The van der Waals surface area contributed by atoms with Gasteiger partial charge in [0.2, 0.25) is 0 Å². The van der Waals surface area contributed by atoms with E-state index in [0.717, 1.165) is 5.56 Å². The van der Waals surface area contributed by atoms with Crippen molar-refractivity contribution in [1.29, 1.82) is 0 Å². The molecule has 2 unspecified atom stereocenters. The van der Waals surface area contributed by atoms with Crippen molar-refractivity contribution in [3.05, 3.63) is 34.9 Å². The van der Waals surface area contributed by atoms with Crippen molar-refractivity contribution in [2.75, 3.05) is 0 Å². The fourth-order valence-electron chi connectivity index (χ4n) is 1.61. The van der Waals surface area contributed by atoms with Crippen LogP contribution in [0, 0.1) is 19.8 Å². The van der Waals surface area contributed by atoms with Crippen molar-refractivity contribution < 1.29 is 9.90 Å². The Kier molecular flexibility index (Phi) is 4.07. The SMILES string of the molecule is Cc1ccc(C(N)CC(C)C(=O)O)cc1C. The second kappa shape index (κ2) is 5.12. The minimum atomic E-state index is -0.792. The summed E-state index contributed by atoms with van der Waals surface area (Å²) in [6, 6.07) is 5.83. The van der Waals surface area contributed by atoms with Crippen LogP contribution in [0.25, 0.3) is 0 Å². The fourth-order valence-corrected chi connectivity index (χ4v) is 1.61. The zero-order chi connectivity index (χ0) is 12.3. The second-order valence-electron chi connectivity index (χ2n) is 4.43. The standard InChI is InChI=1S/C13H19NO2/c1-8-4-5-11(6-9(8)2)12(14)7-10(3)13(15)16/h4-6,10,12H,7,14H2,1-3H3,(H,15,16). The number of nitrogens with two attached hydrogens (primary N) is 1. The van der Waals surface area contributed by atoms with Gasteiger partial charge in [-0.25, -0.2) is 0 Å². The summed E-state index contributed by atoms with van der Waals surface area (Å²) in [5.74, 6) is -1.20. The monoisotopic (exact) mass is 221 g/mol. The summed E-state index contributed by atoms with van der Waals surface area (Å²) in [5.41, 5.74) is 9.41. The molecule has 0 fully saturated rings. The Morgan fingerprint density at radius 3 is 2.50 bits per heavy atom. The Bertz CT molecular complexity index is 388. The van der Waals surface area contributed by atoms with E-state index >= 15 is 0 Å². The van der Waals surface area contributed by atoms with Crippen LogP contribution >= 0.6 is 0 Å². The minimum Gasteiger partial charge on any atom is -0.481 e. The maximum atomic E-state index is 10.7. The molecule has 3 nitrogen and oxygen atoms in total. The van der Waals surface area contributed by atoms with Crippen molar-refractivity contribution >= 4 is 5.97 Å². The predicted molar refractivity (Wildman–Crippen MR) is 64.3 cm³/mol. The molecule has 16 heavy (non-hydrogen) atoms. The van der Waals surface area contributed by atoms with E-state index in [1.165, 1.54) is 11.1 Å². The molecule has 0 aliphatic carbocycles. The number of carbonyl (C=O) groups is 1. The third-order valence-electron chi connectivity index (χ3n) is 2.99. The minimum absolute atomic E-state index is 0.203. The van der Waals surface area contributed by atoms with E-state index in [9.17, 15) is 4.79 Å². The highest BCUT2D eigenvalue weighted by Crippen LogP contribution is 2.21. The van der Waals surface area contributed by atoms with Crippen LogP contribution in [0.15, 0.2) is 18.2 Å². The zero-order valence-electron chi connectivity index (χ0n) is 10.0. The first-order valence-electron chi connectivity index (χ1n) is 5.47. The topological polar surface area (TPSA) is 63.3 Å². The van der Waals surface area contributed by atoms with Gasteiger partial charge in [-0.15, -0.1) is 0 Å². The van der Waals surface area contributed by atoms with Crippen LogP contribution in [0.5, 0.6) is 0 Å². The van der Waals surface area contributed by atoms with Crippen LogP contribution in [0.2, 0.25) is 0 Å². The van der Waals surface area contributed by atoms with Gasteiger partial charge in [0.05, 0.1) is 5.92 Å². The van der Waals surface area contributed by atoms with Gasteiger partial charge in [-0.3, -0.25) is 4.79 Å². The van der Waals surface area contributed by atoms with Crippen LogP contribution in [0.4, 0.5) is 0 Å². The van der Waals surface area contributed by atoms with Gasteiger partial charge in [-0.1, -0.05) is 25.1 Å². The van der Waals surface area contributed by atoms with E-state index in [4.69, 9.17) is 10.8 Å². The summed E-state index contributed by atoms with van der Waals surface area (Å²) in [4.78, 5) is 10.7. The van der Waals surface area contributed by atoms with Crippen molar-refractivity contribution in [3.8, 4) is 0 Å². The Morgan fingerprint density at radius 2 is 2.00 bits per heavy atom. The number of hydrogen-bond donors (Lipinski definition) is 2. The average molecular weight is 221 g/mol. The summed E-state index contributed by atoms with van der Waals surface area (Å²) in [5, 5.41) is 8.82. The van der Waals surface area contributed by atoms with Gasteiger partial charge in [0.25, 0.3) is 0 Å². The number of carboxylic acids is 1. The maximum absolute atomic E-state index is 10.7. The Hall–Kier alpha value is -1.35. The van der Waals surface area contributed by atoms with Gasteiger partial charge >= 0.3 is 5.97 Å². The largest absolute Gasteiger partial charge is 0.481 e. The van der Waals surface area contributed by atoms with E-state index in [0.29, 0.717) is 6.42 Å². The van der Waals surface area contributed by atoms with Crippen LogP contribution in [-0.2, 0) is 4.79 Å². The molecule has 1 aromatic carbocycles. The maximum Gasteiger partial charge on any atom is 0.306 e. The second-order valence-corrected chi connectivity index (χ2v) is 4.43. The van der Waals surface area contributed by atoms with Gasteiger partial charge in [0, 0.05) is 6.04 Å². The van der Waals surface area contributed by atoms with Gasteiger partial charge in [0.15, 0.2) is 0 Å². The number of carboxylic acid groups (broad SMARTS) is 1. The molecular weight excluding hydrogens is 202 g/mol. The molecule has 3 N–H and O–H groups in total. The van der Waals surface area contributed by atoms with E-state index in [2.05, 4.69) is 0 Å². The third kappa shape index (κ3) is 3.07. The van der Waals surface area contributed by atoms with Crippen LogP contribution < -0.4 is 5.73 Å². The summed E-state index contributed by atoms with van der Waals surface area (Å²) in [6.45, 7) is 5.76. The lowest BCUT2D eigenvalue weighted by Crippen LogP contribution is -2.19. The lowest BCUT2D eigenvalue weighted by Gasteiger charge is -2.15. The molecule has 0 spiro atoms. The van der Waals surface area contributed by atoms with E-state index in [1.807, 2.05) is 32.0 Å². The number of hydrogen-bond acceptors (Lipinski definition) is 2. The van der Waals surface area contributed by atoms with Crippen molar-refractivity contribution in [2.24, 2.45) is 11.7 Å². The predicted octanol–water partition coefficient (Wildman–Crippen LogP) is 2.41. The molecule has 0 saturated heterocycles. The van der Waals surface area contributed by atoms with E-state index in [1.54, 1.807) is 6.92 Å². The molecule has 0 aliphatic heterocycles. The highest BCUT2D eigenvalue weighted by atomic mass is 16.4. The molecule has 0 aromatic heterocycles. The molecule has 0 bridgehead atoms. The smallest absolute Gasteiger partial charge is 0.306 e. The third-order valence-corrected chi connectivity index (χ3v) is 2.99. The Morgan fingerprint density at radius 1 is 1.38 bits per heavy atom. The Balaban J connectivity index is 2.76. The summed E-state index contributed by atoms with van der Waals surface area (Å²) < 4.78 is 0. The highest BCUT2D eigenvalue weighted by molar-refractivity contribution is 5.69. The summed E-state index contributed by atoms with van der Waals surface area (Å²) in [6.07, 6.45) is 0.470. The van der Waals surface area contributed by atoms with Crippen molar-refractivity contribution in [3.63, 3.8) is 0 Å². The molecule has 0 saturated carbocycles. The fraction of sp³-hybridized carbons (Fsp3) is 0.462. The summed E-state index contributed by atoms with van der Waals surface area (Å²) >= 11 is 0. The molecule has 1 aromatic rings. The quantitative estimate of drug-likeness (QED) is 0.820. The van der Waals surface area contributed by atoms with Crippen molar-refractivity contribution in [2.45, 2.75) is 33.2 Å². The summed E-state index contributed by atoms with van der Waals surface area (Å²) in [7, 11) is 0. The first kappa shape index (κ1) is 12.7. The highest BCUT2D eigenvalue weighted by Gasteiger charge is 2.16.